The number of hydrogen-bond donors (Lipinski definition) is 4. The van der Waals surface area contributed by atoms with Gasteiger partial charge in [0.15, 0.2) is 5.82 Å². The van der Waals surface area contributed by atoms with Crippen LogP contribution in [0.5, 0.6) is 5.88 Å². The van der Waals surface area contributed by atoms with E-state index >= 15 is 4.39 Å². The molecule has 44 heavy (non-hydrogen) atoms. The minimum absolute atomic E-state index is 0.0328. The normalized spacial score (nSPS) is 17.9. The summed E-state index contributed by atoms with van der Waals surface area (Å²) in [6.45, 7) is 6.90. The summed E-state index contributed by atoms with van der Waals surface area (Å²) in [5, 5.41) is 18.6. The molecule has 4 amide bonds. The zero-order valence-corrected chi connectivity index (χ0v) is 25.1. The minimum atomic E-state index is -1.20. The Morgan fingerprint density at radius 1 is 1.11 bits per heavy atom. The van der Waals surface area contributed by atoms with Crippen LogP contribution >= 0.6 is 0 Å². The third-order valence-electron chi connectivity index (χ3n) is 7.50. The third-order valence-corrected chi connectivity index (χ3v) is 7.50. The molecule has 2 atom stereocenters. The molecule has 0 saturated heterocycles. The Balaban J connectivity index is 1.56. The van der Waals surface area contributed by atoms with Crippen molar-refractivity contribution in [3.63, 3.8) is 0 Å². The van der Waals surface area contributed by atoms with Crippen LogP contribution in [0.1, 0.15) is 45.6 Å². The molecule has 1 fully saturated rings. The Labute approximate surface area is 253 Å². The van der Waals surface area contributed by atoms with Gasteiger partial charge in [-0.1, -0.05) is 0 Å². The van der Waals surface area contributed by atoms with Crippen LogP contribution in [-0.4, -0.2) is 71.3 Å². The highest BCUT2D eigenvalue weighted by Crippen LogP contribution is 2.42. The van der Waals surface area contributed by atoms with Crippen LogP contribution in [0.2, 0.25) is 0 Å². The minimum Gasteiger partial charge on any atom is -0.474 e. The summed E-state index contributed by atoms with van der Waals surface area (Å²) in [4.78, 5) is 47.2. The van der Waals surface area contributed by atoms with Gasteiger partial charge in [-0.15, -0.1) is 0 Å². The predicted molar refractivity (Wildman–Crippen MR) is 161 cm³/mol. The zero-order chi connectivity index (χ0) is 31.8. The maximum Gasteiger partial charge on any atom is 0.412 e. The smallest absolute Gasteiger partial charge is 0.412 e. The maximum atomic E-state index is 16.4. The first-order chi connectivity index (χ1) is 20.8. The van der Waals surface area contributed by atoms with Gasteiger partial charge in [-0.05, 0) is 70.0 Å². The molecule has 0 radical (unpaired) electrons. The van der Waals surface area contributed by atoms with E-state index in [0.29, 0.717) is 17.4 Å². The van der Waals surface area contributed by atoms with Gasteiger partial charge in [-0.3, -0.25) is 15.5 Å². The van der Waals surface area contributed by atoms with Gasteiger partial charge < -0.3 is 24.6 Å². The number of halogens is 1. The van der Waals surface area contributed by atoms with Gasteiger partial charge in [-0.2, -0.15) is 0 Å². The van der Waals surface area contributed by atoms with Crippen molar-refractivity contribution in [2.75, 3.05) is 35.8 Å². The molecule has 1 aliphatic carbocycles. The van der Waals surface area contributed by atoms with Gasteiger partial charge in [-0.25, -0.2) is 28.7 Å². The van der Waals surface area contributed by atoms with Crippen LogP contribution in [0.25, 0.3) is 21.9 Å². The molecule has 1 aliphatic heterocycles. The topological polar surface area (TPSA) is 164 Å². The molecule has 13 nitrogen and oxygen atoms in total. The van der Waals surface area contributed by atoms with E-state index in [1.165, 1.54) is 18.5 Å². The van der Waals surface area contributed by atoms with Crippen LogP contribution in [-0.2, 0) is 9.47 Å². The number of hydrogen-bond acceptors (Lipinski definition) is 8. The number of amides is 4. The molecule has 0 spiro atoms. The molecule has 2 unspecified atom stereocenters. The first-order valence-corrected chi connectivity index (χ1v) is 14.2. The van der Waals surface area contributed by atoms with Gasteiger partial charge >= 0.3 is 18.2 Å². The van der Waals surface area contributed by atoms with Gasteiger partial charge in [0.1, 0.15) is 23.7 Å². The number of ether oxygens (including phenoxy) is 3. The van der Waals surface area contributed by atoms with Crippen molar-refractivity contribution in [1.29, 1.82) is 0 Å². The number of nitrogens with one attached hydrogen (secondary N) is 3. The lowest BCUT2D eigenvalue weighted by Gasteiger charge is -2.29. The number of rotatable bonds is 5. The Bertz CT molecular complexity index is 1630. The van der Waals surface area contributed by atoms with Gasteiger partial charge in [0, 0.05) is 42.1 Å². The Hall–Kier alpha value is -4.72. The molecule has 3 heterocycles. The van der Waals surface area contributed by atoms with E-state index in [1.54, 1.807) is 40.9 Å². The fourth-order valence-electron chi connectivity index (χ4n) is 5.49. The second kappa shape index (κ2) is 12.1. The second-order valence-corrected chi connectivity index (χ2v) is 11.7. The number of aromatic nitrogens is 2. The third kappa shape index (κ3) is 6.44. The lowest BCUT2D eigenvalue weighted by molar-refractivity contribution is 0.0635. The monoisotopic (exact) mass is 610 g/mol. The zero-order valence-electron chi connectivity index (χ0n) is 25.1. The Morgan fingerprint density at radius 3 is 2.57 bits per heavy atom. The number of nitrogens with zero attached hydrogens (tertiary/aromatic N) is 3. The van der Waals surface area contributed by atoms with Crippen molar-refractivity contribution in [3.05, 3.63) is 35.9 Å². The summed E-state index contributed by atoms with van der Waals surface area (Å²) in [6, 6.07) is 2.59. The van der Waals surface area contributed by atoms with E-state index in [-0.39, 0.29) is 64.9 Å². The molecular formula is C30H35FN6O7. The average molecular weight is 611 g/mol. The van der Waals surface area contributed by atoms with Crippen LogP contribution in [0.3, 0.4) is 0 Å². The van der Waals surface area contributed by atoms with Gasteiger partial charge in [0.25, 0.3) is 0 Å². The van der Waals surface area contributed by atoms with Gasteiger partial charge in [0.05, 0.1) is 18.3 Å². The first-order valence-electron chi connectivity index (χ1n) is 14.2. The molecule has 14 heteroatoms. The molecule has 234 valence electrons. The largest absolute Gasteiger partial charge is 0.474 e. The van der Waals surface area contributed by atoms with Crippen molar-refractivity contribution in [1.82, 2.24) is 15.3 Å². The highest BCUT2D eigenvalue weighted by atomic mass is 19.1. The van der Waals surface area contributed by atoms with E-state index in [1.807, 2.05) is 0 Å². The lowest BCUT2D eigenvalue weighted by atomic mass is 9.96. The highest BCUT2D eigenvalue weighted by molar-refractivity contribution is 6.05. The summed E-state index contributed by atoms with van der Waals surface area (Å²) in [5.41, 5.74) is -0.112. The molecule has 2 aromatic heterocycles. The average Bonchev–Trinajstić information content (AvgIpc) is 3.40. The first kappa shape index (κ1) is 30.7. The highest BCUT2D eigenvalue weighted by Gasteiger charge is 2.30. The Kier molecular flexibility index (Phi) is 8.46. The molecule has 3 aromatic rings. The quantitative estimate of drug-likeness (QED) is 0.285. The second-order valence-electron chi connectivity index (χ2n) is 11.7. The van der Waals surface area contributed by atoms with Crippen molar-refractivity contribution in [2.45, 2.75) is 64.7 Å². The molecular weight excluding hydrogens is 575 g/mol. The summed E-state index contributed by atoms with van der Waals surface area (Å²) in [5.74, 6) is -0.488. The molecule has 1 saturated carbocycles. The van der Waals surface area contributed by atoms with E-state index in [4.69, 9.17) is 14.2 Å². The van der Waals surface area contributed by atoms with Crippen LogP contribution < -0.4 is 25.6 Å². The van der Waals surface area contributed by atoms with Crippen LogP contribution in [0, 0.1) is 12.7 Å². The fourth-order valence-corrected chi connectivity index (χ4v) is 5.49. The fraction of sp³-hybridized carbons (Fsp3) is 0.433. The van der Waals surface area contributed by atoms with Crippen LogP contribution in [0.4, 0.5) is 36.0 Å². The lowest BCUT2D eigenvalue weighted by Crippen LogP contribution is -2.37. The number of urea groups is 1. The molecule has 4 N–H and O–H groups in total. The number of pyridine rings is 2. The predicted octanol–water partition coefficient (Wildman–Crippen LogP) is 5.66. The number of carboxylic acid groups (broad SMARTS) is 1. The van der Waals surface area contributed by atoms with E-state index in [0.717, 1.165) is 17.7 Å². The molecule has 0 bridgehead atoms. The number of fused-ring (bicyclic) bond motifs is 2. The van der Waals surface area contributed by atoms with E-state index < -0.39 is 29.6 Å². The number of benzene rings is 1. The molecule has 1 aromatic carbocycles. The Morgan fingerprint density at radius 2 is 1.89 bits per heavy atom. The van der Waals surface area contributed by atoms with Gasteiger partial charge in [0.2, 0.25) is 5.88 Å². The van der Waals surface area contributed by atoms with Crippen molar-refractivity contribution in [3.8, 4) is 17.0 Å². The van der Waals surface area contributed by atoms with E-state index in [2.05, 4.69) is 25.9 Å². The summed E-state index contributed by atoms with van der Waals surface area (Å²) >= 11 is 0. The SMILES string of the molecule is COC1CCC(NC(=O)Nc2cc3cc(-c4cnc5c(c4C)N(C(=O)O)CCO5)c(F)c(NC(=O)OC(C)(C)C)c3cn2)C1. The van der Waals surface area contributed by atoms with Crippen molar-refractivity contribution in [2.24, 2.45) is 0 Å². The summed E-state index contributed by atoms with van der Waals surface area (Å²) in [7, 11) is 1.65. The number of carbonyl (C=O) groups is 3. The number of anilines is 3. The maximum absolute atomic E-state index is 16.4. The standard InChI is InChI=1S/C30H35FN6O7/c1-15-20(13-33-26-25(15)37(29(40)41)8-9-43-26)19-10-16-11-22(35-27(38)34-17-6-7-18(12-17)42-5)32-14-21(16)24(23(19)31)36-28(39)44-30(2,3)4/h10-11,13-14,17-18H,6-9,12H2,1-5H3,(H,36,39)(H,40,41)(H2,32,34,35,38). The van der Waals surface area contributed by atoms with Crippen LogP contribution in [0.15, 0.2) is 24.5 Å². The molecule has 2 aliphatic rings. The van der Waals surface area contributed by atoms with Crippen molar-refractivity contribution >= 4 is 46.2 Å². The summed E-state index contributed by atoms with van der Waals surface area (Å²) in [6.07, 6.45) is 3.10. The molecule has 5 rings (SSSR count). The summed E-state index contributed by atoms with van der Waals surface area (Å²) < 4.78 is 32.7. The number of methoxy groups -OCH3 is 1. The van der Waals surface area contributed by atoms with E-state index in [9.17, 15) is 19.5 Å². The number of carbonyl (C=O) groups excluding carboxylic acids is 2. The van der Waals surface area contributed by atoms with Crippen molar-refractivity contribution < 1.29 is 38.1 Å².